The smallest absolute Gasteiger partial charge is 0.172 e. The molecule has 1 atom stereocenters. The number of Topliss-reactive ketones (excluding diaryl/α,β-unsaturated/α-hetero) is 1. The predicted molar refractivity (Wildman–Crippen MR) is 123 cm³/mol. The number of hydrogen-bond acceptors (Lipinski definition) is 7. The Morgan fingerprint density at radius 3 is 2.41 bits per heavy atom. The van der Waals surface area contributed by atoms with Crippen LogP contribution in [0.2, 0.25) is 0 Å². The van der Waals surface area contributed by atoms with Crippen molar-refractivity contribution >= 4 is 28.5 Å². The molecule has 0 aliphatic carbocycles. The molecular weight excluding hydrogens is 404 g/mol. The molecule has 2 saturated heterocycles. The molecule has 3 aliphatic rings. The van der Waals surface area contributed by atoms with E-state index in [1.807, 2.05) is 36.4 Å². The Hall–Kier alpha value is -3.35. The Morgan fingerprint density at radius 2 is 1.69 bits per heavy atom. The first-order valence-electron chi connectivity index (χ1n) is 11.3. The minimum Gasteiger partial charge on any atom is -0.497 e. The van der Waals surface area contributed by atoms with Gasteiger partial charge in [0.05, 0.1) is 36.7 Å². The van der Waals surface area contributed by atoms with Gasteiger partial charge in [0.15, 0.2) is 17.4 Å². The Bertz CT molecular complexity index is 1210. The lowest BCUT2D eigenvalue weighted by Gasteiger charge is -2.35. The van der Waals surface area contributed by atoms with E-state index in [0.29, 0.717) is 30.0 Å². The van der Waals surface area contributed by atoms with E-state index in [0.717, 1.165) is 48.7 Å². The molecule has 0 amide bonds. The summed E-state index contributed by atoms with van der Waals surface area (Å²) >= 11 is 0. The van der Waals surface area contributed by atoms with Gasteiger partial charge in [-0.25, -0.2) is 9.97 Å². The normalized spacial score (nSPS) is 22.5. The molecule has 4 heterocycles. The van der Waals surface area contributed by atoms with Crippen LogP contribution in [0, 0.1) is 0 Å². The number of aromatic nitrogens is 2. The van der Waals surface area contributed by atoms with Gasteiger partial charge in [0.25, 0.3) is 0 Å². The third-order valence-corrected chi connectivity index (χ3v) is 6.85. The second-order valence-corrected chi connectivity index (χ2v) is 8.97. The summed E-state index contributed by atoms with van der Waals surface area (Å²) in [5.41, 5.74) is 1.88. The summed E-state index contributed by atoms with van der Waals surface area (Å²) in [5.74, 6) is 3.28. The van der Waals surface area contributed by atoms with Crippen molar-refractivity contribution in [3.63, 3.8) is 0 Å². The molecule has 3 aliphatic heterocycles. The number of hydrogen-bond donors (Lipinski definition) is 0. The third-order valence-electron chi connectivity index (χ3n) is 6.85. The van der Waals surface area contributed by atoms with Gasteiger partial charge >= 0.3 is 0 Å². The predicted octanol–water partition coefficient (Wildman–Crippen LogP) is 3.85. The summed E-state index contributed by atoms with van der Waals surface area (Å²) in [5, 5.41) is 0. The lowest BCUT2D eigenvalue weighted by atomic mass is 9.89. The molecule has 6 rings (SSSR count). The van der Waals surface area contributed by atoms with Crippen molar-refractivity contribution in [1.29, 1.82) is 0 Å². The number of anilines is 2. The SMILES string of the molecule is COc1ccc2c(c1)C(=O)CC1(CCN(c3nc4ccccc4nc3N3CCCC3)C1)O2. The van der Waals surface area contributed by atoms with Crippen LogP contribution in [0.1, 0.15) is 36.0 Å². The van der Waals surface area contributed by atoms with Crippen LogP contribution in [0.4, 0.5) is 11.6 Å². The van der Waals surface area contributed by atoms with Crippen LogP contribution in [0.5, 0.6) is 11.5 Å². The first kappa shape index (κ1) is 19.3. The maximum Gasteiger partial charge on any atom is 0.172 e. The van der Waals surface area contributed by atoms with E-state index >= 15 is 0 Å². The molecule has 1 spiro atoms. The second kappa shape index (κ2) is 7.36. The average molecular weight is 431 g/mol. The first-order chi connectivity index (χ1) is 15.6. The van der Waals surface area contributed by atoms with Crippen molar-refractivity contribution in [2.24, 2.45) is 0 Å². The van der Waals surface area contributed by atoms with Gasteiger partial charge in [-0.2, -0.15) is 0 Å². The highest BCUT2D eigenvalue weighted by Gasteiger charge is 2.47. The van der Waals surface area contributed by atoms with Crippen LogP contribution in [-0.4, -0.2) is 54.6 Å². The van der Waals surface area contributed by atoms with Gasteiger partial charge in [0, 0.05) is 26.1 Å². The second-order valence-electron chi connectivity index (χ2n) is 8.97. The number of nitrogens with zero attached hydrogens (tertiary/aromatic N) is 4. The molecule has 164 valence electrons. The molecule has 1 aromatic heterocycles. The zero-order valence-corrected chi connectivity index (χ0v) is 18.2. The van der Waals surface area contributed by atoms with Gasteiger partial charge in [-0.05, 0) is 43.2 Å². The first-order valence-corrected chi connectivity index (χ1v) is 11.3. The topological polar surface area (TPSA) is 67.8 Å². The highest BCUT2D eigenvalue weighted by Crippen LogP contribution is 2.42. The average Bonchev–Trinajstić information content (AvgIpc) is 3.49. The maximum atomic E-state index is 13.0. The van der Waals surface area contributed by atoms with E-state index in [4.69, 9.17) is 19.4 Å². The Kier molecular flexibility index (Phi) is 4.45. The minimum atomic E-state index is -0.533. The number of ether oxygens (including phenoxy) is 2. The molecule has 7 heteroatoms. The Balaban J connectivity index is 1.35. The van der Waals surface area contributed by atoms with Crippen molar-refractivity contribution in [3.05, 3.63) is 48.0 Å². The van der Waals surface area contributed by atoms with Crippen LogP contribution >= 0.6 is 0 Å². The van der Waals surface area contributed by atoms with Gasteiger partial charge in [-0.15, -0.1) is 0 Å². The van der Waals surface area contributed by atoms with Gasteiger partial charge in [0.1, 0.15) is 17.1 Å². The molecule has 1 unspecified atom stereocenters. The number of ketones is 1. The fourth-order valence-corrected chi connectivity index (χ4v) is 5.19. The molecule has 3 aromatic rings. The standard InChI is InChI=1S/C25H26N4O3/c1-31-17-8-9-22-18(14-17)21(30)15-25(32-22)10-13-29(16-25)24-23(28-11-4-5-12-28)26-19-6-2-3-7-20(19)27-24/h2-3,6-9,14H,4-5,10-13,15-16H2,1H3. The van der Waals surface area contributed by atoms with Gasteiger partial charge in [-0.3, -0.25) is 4.79 Å². The number of methoxy groups -OCH3 is 1. The summed E-state index contributed by atoms with van der Waals surface area (Å²) in [4.78, 5) is 27.7. The lowest BCUT2D eigenvalue weighted by molar-refractivity contribution is 0.0537. The summed E-state index contributed by atoms with van der Waals surface area (Å²) in [6, 6.07) is 13.5. The van der Waals surface area contributed by atoms with Crippen molar-refractivity contribution in [2.75, 3.05) is 43.1 Å². The highest BCUT2D eigenvalue weighted by atomic mass is 16.5. The third kappa shape index (κ3) is 3.15. The summed E-state index contributed by atoms with van der Waals surface area (Å²) in [7, 11) is 1.61. The molecule has 2 aromatic carbocycles. The van der Waals surface area contributed by atoms with E-state index in [1.165, 1.54) is 12.8 Å². The van der Waals surface area contributed by atoms with Crippen molar-refractivity contribution in [2.45, 2.75) is 31.3 Å². The van der Waals surface area contributed by atoms with Crippen molar-refractivity contribution in [1.82, 2.24) is 9.97 Å². The minimum absolute atomic E-state index is 0.108. The van der Waals surface area contributed by atoms with Crippen LogP contribution in [0.25, 0.3) is 11.0 Å². The Labute approximate surface area is 187 Å². The van der Waals surface area contributed by atoms with Gasteiger partial charge in [-0.1, -0.05) is 12.1 Å². The van der Waals surface area contributed by atoms with E-state index in [2.05, 4.69) is 9.80 Å². The van der Waals surface area contributed by atoms with Crippen LogP contribution in [0.15, 0.2) is 42.5 Å². The number of carbonyl (C=O) groups is 1. The molecule has 7 nitrogen and oxygen atoms in total. The zero-order chi connectivity index (χ0) is 21.7. The summed E-state index contributed by atoms with van der Waals surface area (Å²) in [6.07, 6.45) is 3.49. The number of carbonyl (C=O) groups excluding carboxylic acids is 1. The quantitative estimate of drug-likeness (QED) is 0.625. The van der Waals surface area contributed by atoms with Gasteiger partial charge in [0.2, 0.25) is 0 Å². The number of benzene rings is 2. The van der Waals surface area contributed by atoms with Crippen molar-refractivity contribution in [3.8, 4) is 11.5 Å². The van der Waals surface area contributed by atoms with E-state index in [9.17, 15) is 4.79 Å². The number of para-hydroxylation sites is 2. The molecule has 0 bridgehead atoms. The van der Waals surface area contributed by atoms with E-state index < -0.39 is 5.60 Å². The fraction of sp³-hybridized carbons (Fsp3) is 0.400. The largest absolute Gasteiger partial charge is 0.497 e. The molecule has 0 saturated carbocycles. The molecule has 32 heavy (non-hydrogen) atoms. The highest BCUT2D eigenvalue weighted by molar-refractivity contribution is 6.01. The fourth-order valence-electron chi connectivity index (χ4n) is 5.19. The lowest BCUT2D eigenvalue weighted by Crippen LogP contribution is -2.44. The van der Waals surface area contributed by atoms with Crippen LogP contribution < -0.4 is 19.3 Å². The zero-order valence-electron chi connectivity index (χ0n) is 18.2. The summed E-state index contributed by atoms with van der Waals surface area (Å²) < 4.78 is 11.8. The number of rotatable bonds is 3. The van der Waals surface area contributed by atoms with Crippen LogP contribution in [0.3, 0.4) is 0 Å². The van der Waals surface area contributed by atoms with E-state index in [-0.39, 0.29) is 5.78 Å². The number of fused-ring (bicyclic) bond motifs is 2. The van der Waals surface area contributed by atoms with Crippen molar-refractivity contribution < 1.29 is 14.3 Å². The molecular formula is C25H26N4O3. The maximum absolute atomic E-state index is 13.0. The molecule has 0 radical (unpaired) electrons. The van der Waals surface area contributed by atoms with Crippen LogP contribution in [-0.2, 0) is 0 Å². The summed E-state index contributed by atoms with van der Waals surface area (Å²) in [6.45, 7) is 3.41. The monoisotopic (exact) mass is 430 g/mol. The molecule has 0 N–H and O–H groups in total. The van der Waals surface area contributed by atoms with Gasteiger partial charge < -0.3 is 19.3 Å². The molecule has 2 fully saturated rings. The Morgan fingerprint density at radius 1 is 0.969 bits per heavy atom. The van der Waals surface area contributed by atoms with E-state index in [1.54, 1.807) is 13.2 Å².